The molecule has 4 N–H and O–H groups in total. The van der Waals surface area contributed by atoms with Crippen LogP contribution < -0.4 is 10.6 Å². The number of benzene rings is 1. The molecule has 0 heterocycles. The van der Waals surface area contributed by atoms with Gasteiger partial charge in [-0.3, -0.25) is 4.79 Å². The molecular weight excluding hydrogens is 281 g/mol. The third-order valence-electron chi connectivity index (χ3n) is 2.13. The predicted octanol–water partition coefficient (Wildman–Crippen LogP) is 1.18. The highest BCUT2D eigenvalue weighted by atomic mass is 19.4. The van der Waals surface area contributed by atoms with E-state index in [1.807, 2.05) is 5.32 Å². The molecule has 20 heavy (non-hydrogen) atoms. The van der Waals surface area contributed by atoms with Crippen molar-refractivity contribution in [3.05, 3.63) is 23.8 Å². The van der Waals surface area contributed by atoms with Crippen molar-refractivity contribution in [2.45, 2.75) is 6.18 Å². The van der Waals surface area contributed by atoms with Gasteiger partial charge >= 0.3 is 12.1 Å². The molecular formula is C11H11F3N2O4. The molecule has 6 nitrogen and oxygen atoms in total. The van der Waals surface area contributed by atoms with Crippen LogP contribution in [0.5, 0.6) is 5.75 Å². The maximum Gasteiger partial charge on any atom is 0.401 e. The topological polar surface area (TPSA) is 98.7 Å². The number of carbonyl (C=O) groups is 2. The summed E-state index contributed by atoms with van der Waals surface area (Å²) in [5, 5.41) is 22.1. The van der Waals surface area contributed by atoms with Crippen LogP contribution in [0.4, 0.5) is 18.9 Å². The average molecular weight is 292 g/mol. The van der Waals surface area contributed by atoms with Gasteiger partial charge in [-0.15, -0.1) is 0 Å². The summed E-state index contributed by atoms with van der Waals surface area (Å²) in [7, 11) is 0. The van der Waals surface area contributed by atoms with Crippen LogP contribution in [0.25, 0.3) is 0 Å². The Hall–Kier alpha value is -2.29. The lowest BCUT2D eigenvalue weighted by Crippen LogP contribution is -2.35. The number of phenolic OH excluding ortho intramolecular Hbond substituents is 1. The first-order chi connectivity index (χ1) is 9.19. The molecule has 0 radical (unpaired) electrons. The van der Waals surface area contributed by atoms with Crippen LogP contribution in [0.2, 0.25) is 0 Å². The number of anilines is 1. The Bertz CT molecular complexity index is 517. The summed E-state index contributed by atoms with van der Waals surface area (Å²) in [6, 6.07) is 3.18. The maximum atomic E-state index is 11.8. The number of nitrogens with one attached hydrogen (secondary N) is 2. The Labute approximate surface area is 111 Å². The van der Waals surface area contributed by atoms with Gasteiger partial charge < -0.3 is 20.8 Å². The van der Waals surface area contributed by atoms with Crippen molar-refractivity contribution < 1.29 is 33.0 Å². The van der Waals surface area contributed by atoms with Gasteiger partial charge in [0.2, 0.25) is 5.91 Å². The fraction of sp³-hybridized carbons (Fsp3) is 0.273. The average Bonchev–Trinajstić information content (AvgIpc) is 2.30. The van der Waals surface area contributed by atoms with E-state index in [2.05, 4.69) is 5.32 Å². The normalized spacial score (nSPS) is 11.2. The van der Waals surface area contributed by atoms with Gasteiger partial charge in [0.1, 0.15) is 5.75 Å². The molecule has 1 aromatic carbocycles. The second-order valence-corrected chi connectivity index (χ2v) is 3.80. The lowest BCUT2D eigenvalue weighted by Gasteiger charge is -2.10. The minimum atomic E-state index is -4.44. The van der Waals surface area contributed by atoms with E-state index in [1.165, 1.54) is 0 Å². The Morgan fingerprint density at radius 1 is 1.25 bits per heavy atom. The number of hydrogen-bond donors (Lipinski definition) is 4. The van der Waals surface area contributed by atoms with Gasteiger partial charge in [0.15, 0.2) is 0 Å². The first-order valence-electron chi connectivity index (χ1n) is 5.32. The first kappa shape index (κ1) is 15.8. The fourth-order valence-corrected chi connectivity index (χ4v) is 1.28. The van der Waals surface area contributed by atoms with Crippen molar-refractivity contribution in [3.63, 3.8) is 0 Å². The van der Waals surface area contributed by atoms with Crippen molar-refractivity contribution in [1.29, 1.82) is 0 Å². The molecule has 110 valence electrons. The molecule has 0 aliphatic heterocycles. The Morgan fingerprint density at radius 3 is 2.45 bits per heavy atom. The van der Waals surface area contributed by atoms with Gasteiger partial charge in [-0.2, -0.15) is 13.2 Å². The number of aromatic hydroxyl groups is 1. The molecule has 1 amide bonds. The van der Waals surface area contributed by atoms with Crippen molar-refractivity contribution in [1.82, 2.24) is 5.32 Å². The lowest BCUT2D eigenvalue weighted by atomic mass is 10.2. The zero-order valence-corrected chi connectivity index (χ0v) is 9.99. The first-order valence-corrected chi connectivity index (χ1v) is 5.32. The SMILES string of the molecule is O=C(CNCC(F)(F)F)Nc1cc(C(=O)O)ccc1O. The highest BCUT2D eigenvalue weighted by Gasteiger charge is 2.26. The van der Waals surface area contributed by atoms with Crippen LogP contribution in [0.3, 0.4) is 0 Å². The van der Waals surface area contributed by atoms with Gasteiger partial charge in [-0.1, -0.05) is 0 Å². The third kappa shape index (κ3) is 5.14. The molecule has 0 atom stereocenters. The van der Waals surface area contributed by atoms with Crippen LogP contribution in [-0.4, -0.2) is 41.4 Å². The van der Waals surface area contributed by atoms with Gasteiger partial charge in [0, 0.05) is 0 Å². The van der Waals surface area contributed by atoms with E-state index in [9.17, 15) is 27.9 Å². The number of carboxylic acid groups (broad SMARTS) is 1. The smallest absolute Gasteiger partial charge is 0.401 e. The standard InChI is InChI=1S/C11H11F3N2O4/c12-11(13,14)5-15-4-9(18)16-7-3-6(10(19)20)1-2-8(7)17/h1-3,15,17H,4-5H2,(H,16,18)(H,19,20). The molecule has 1 aromatic rings. The zero-order valence-electron chi connectivity index (χ0n) is 9.99. The van der Waals surface area contributed by atoms with Crippen LogP contribution in [0, 0.1) is 0 Å². The van der Waals surface area contributed by atoms with Crippen LogP contribution in [0.1, 0.15) is 10.4 Å². The Kier molecular flexibility index (Phi) is 4.92. The van der Waals surface area contributed by atoms with Gasteiger partial charge in [-0.05, 0) is 18.2 Å². The molecule has 0 saturated carbocycles. The Morgan fingerprint density at radius 2 is 1.90 bits per heavy atom. The predicted molar refractivity (Wildman–Crippen MR) is 62.6 cm³/mol. The number of phenols is 1. The van der Waals surface area contributed by atoms with E-state index in [0.717, 1.165) is 18.2 Å². The number of aromatic carboxylic acids is 1. The third-order valence-corrected chi connectivity index (χ3v) is 2.13. The number of alkyl halides is 3. The fourth-order valence-electron chi connectivity index (χ4n) is 1.28. The molecule has 0 spiro atoms. The second-order valence-electron chi connectivity index (χ2n) is 3.80. The van der Waals surface area contributed by atoms with Gasteiger partial charge in [0.05, 0.1) is 24.3 Å². The molecule has 0 saturated heterocycles. The molecule has 0 aliphatic rings. The summed E-state index contributed by atoms with van der Waals surface area (Å²) in [5.41, 5.74) is -0.370. The zero-order chi connectivity index (χ0) is 15.3. The van der Waals surface area contributed by atoms with Crippen molar-refractivity contribution in [3.8, 4) is 5.75 Å². The van der Waals surface area contributed by atoms with Crippen LogP contribution >= 0.6 is 0 Å². The molecule has 0 aromatic heterocycles. The molecule has 0 unspecified atom stereocenters. The summed E-state index contributed by atoms with van der Waals surface area (Å²) in [5.74, 6) is -2.50. The van der Waals surface area contributed by atoms with E-state index in [0.29, 0.717) is 0 Å². The lowest BCUT2D eigenvalue weighted by molar-refractivity contribution is -0.127. The quantitative estimate of drug-likeness (QED) is 0.611. The van der Waals surface area contributed by atoms with E-state index in [1.54, 1.807) is 0 Å². The van der Waals surface area contributed by atoms with E-state index in [-0.39, 0.29) is 17.0 Å². The summed E-state index contributed by atoms with van der Waals surface area (Å²) < 4.78 is 35.5. The Balaban J connectivity index is 2.62. The largest absolute Gasteiger partial charge is 0.506 e. The number of hydrogen-bond acceptors (Lipinski definition) is 4. The molecule has 9 heteroatoms. The van der Waals surface area contributed by atoms with Gasteiger partial charge in [-0.25, -0.2) is 4.79 Å². The van der Waals surface area contributed by atoms with Crippen molar-refractivity contribution >= 4 is 17.6 Å². The molecule has 0 aliphatic carbocycles. The minimum absolute atomic E-state index is 0.179. The van der Waals surface area contributed by atoms with Crippen molar-refractivity contribution in [2.75, 3.05) is 18.4 Å². The number of carboxylic acids is 1. The van der Waals surface area contributed by atoms with Crippen molar-refractivity contribution in [2.24, 2.45) is 0 Å². The van der Waals surface area contributed by atoms with Gasteiger partial charge in [0.25, 0.3) is 0 Å². The summed E-state index contributed by atoms with van der Waals surface area (Å²) >= 11 is 0. The van der Waals surface area contributed by atoms with E-state index >= 15 is 0 Å². The summed E-state index contributed by atoms with van der Waals surface area (Å²) in [4.78, 5) is 22.0. The van der Waals surface area contributed by atoms with E-state index < -0.39 is 31.1 Å². The number of halogens is 3. The minimum Gasteiger partial charge on any atom is -0.506 e. The number of rotatable bonds is 5. The van der Waals surface area contributed by atoms with Crippen LogP contribution in [0.15, 0.2) is 18.2 Å². The monoisotopic (exact) mass is 292 g/mol. The number of amides is 1. The summed E-state index contributed by atoms with van der Waals surface area (Å²) in [6.45, 7) is -1.96. The summed E-state index contributed by atoms with van der Waals surface area (Å²) in [6.07, 6.45) is -4.44. The van der Waals surface area contributed by atoms with Crippen LogP contribution in [-0.2, 0) is 4.79 Å². The number of carbonyl (C=O) groups excluding carboxylic acids is 1. The molecule has 0 fully saturated rings. The molecule has 1 rings (SSSR count). The highest BCUT2D eigenvalue weighted by Crippen LogP contribution is 2.24. The van der Waals surface area contributed by atoms with E-state index in [4.69, 9.17) is 5.11 Å². The second kappa shape index (κ2) is 6.24. The highest BCUT2D eigenvalue weighted by molar-refractivity contribution is 5.96. The maximum absolute atomic E-state index is 11.8. The molecule has 0 bridgehead atoms.